The molecule has 0 saturated carbocycles. The monoisotopic (exact) mass is 1540 g/mol. The number of azide groups is 3. The fourth-order valence-electron chi connectivity index (χ4n) is 4.24. The molecule has 313 valence electrons. The maximum absolute atomic E-state index is 9.71. The molecule has 0 spiro atoms. The Balaban J connectivity index is -0.000000302. The Labute approximate surface area is 394 Å². The van der Waals surface area contributed by atoms with Gasteiger partial charge < -0.3 is 65.3 Å². The minimum absolute atomic E-state index is 0. The van der Waals surface area contributed by atoms with Crippen molar-refractivity contribution in [2.24, 2.45) is 15.3 Å². The molecular weight excluding hydrogens is 1500 g/mol. The first kappa shape index (κ1) is 62.9. The van der Waals surface area contributed by atoms with Gasteiger partial charge in [-0.1, -0.05) is 47.7 Å². The molecule has 3 saturated heterocycles. The Morgan fingerprint density at radius 3 is 1.23 bits per heavy atom. The zero-order chi connectivity index (χ0) is 41.1. The Kier molecular flexibility index (Phi) is 45.3. The van der Waals surface area contributed by atoms with Crippen LogP contribution in [0.25, 0.3) is 31.3 Å². The van der Waals surface area contributed by atoms with E-state index in [0.29, 0.717) is 15.9 Å². The minimum Gasteiger partial charge on any atom is -0.394 e. The van der Waals surface area contributed by atoms with Crippen LogP contribution in [0.15, 0.2) is 15.3 Å². The second kappa shape index (κ2) is 38.2. The summed E-state index contributed by atoms with van der Waals surface area (Å²) in [6.45, 7) is 4.42. The zero-order valence-corrected chi connectivity index (χ0v) is 44.4. The van der Waals surface area contributed by atoms with Gasteiger partial charge in [0.2, 0.25) is 0 Å². The van der Waals surface area contributed by atoms with Crippen LogP contribution in [-0.2, 0) is 28.6 Å². The Bertz CT molecular complexity index is 1020. The van der Waals surface area contributed by atoms with Gasteiger partial charge in [0.25, 0.3) is 0 Å². The van der Waals surface area contributed by atoms with Crippen LogP contribution in [-0.4, -0.2) is 162 Å². The zero-order valence-electron chi connectivity index (χ0n) is 27.8. The molecule has 0 radical (unpaired) electrons. The summed E-state index contributed by atoms with van der Waals surface area (Å²) >= 11 is 17.7. The topological polar surface area (TPSA) is 376 Å². The standard InChI is InChI=1S/C8H15N3O4.C6H10ClN3O4.C6H11N3O5.C2H6.6HI.2V/c1-2-4-7(13)6(10-11-9)8(14)5(3-12)15-4;7-6-5(13)3(9-10-8)4(12)2(1-11)14-6;7-9-8-3-4(11)2(1-10)14-6(13)5(3)12;1-2;;;;;;;;/h4-8,12-14H,2-3H2,1H3;2-6,11-13H,1H2;2-6,10-13H,1H2;1-2H3;6*1H;;/q;;;;;;;;;;+2;+3/p-5/t4-,5?,6-,7?,8+;2*2?,3-,4-,5?,6+;;;;;;;;;/m100........./s1. The molecular formula is C22H43ClI6N9O13V2. The van der Waals surface area contributed by atoms with Crippen molar-refractivity contribution in [1.82, 2.24) is 0 Å². The van der Waals surface area contributed by atoms with E-state index in [1.807, 2.05) is 13.8 Å². The van der Waals surface area contributed by atoms with Gasteiger partial charge in [-0.3, -0.25) is 0 Å². The van der Waals surface area contributed by atoms with Crippen molar-refractivity contribution in [3.8, 4) is 0 Å². The largest absolute Gasteiger partial charge is 0.394 e. The van der Waals surface area contributed by atoms with Crippen LogP contribution >= 0.6 is 135 Å². The first-order valence-electron chi connectivity index (χ1n) is 14.5. The summed E-state index contributed by atoms with van der Waals surface area (Å²) in [6.07, 6.45) is -12.0. The first-order chi connectivity index (χ1) is 24.5. The van der Waals surface area contributed by atoms with Crippen LogP contribution in [0.3, 0.4) is 0 Å². The Morgan fingerprint density at radius 2 is 0.906 bits per heavy atom. The van der Waals surface area contributed by atoms with Gasteiger partial charge in [-0.05, 0) is 23.0 Å². The molecule has 3 rings (SSSR count). The number of aliphatic hydroxyl groups excluding tert-OH is 10. The molecule has 10 N–H and O–H groups in total. The third-order valence-corrected chi connectivity index (χ3v) is 7.01. The van der Waals surface area contributed by atoms with Gasteiger partial charge in [0.15, 0.2) is 11.9 Å². The van der Waals surface area contributed by atoms with E-state index in [1.165, 1.54) is 0 Å². The van der Waals surface area contributed by atoms with Crippen LogP contribution in [0.4, 0.5) is 0 Å². The van der Waals surface area contributed by atoms with E-state index in [4.69, 9.17) is 58.1 Å². The van der Waals surface area contributed by atoms with E-state index in [0.717, 1.165) is 0 Å². The number of halogens is 7. The quantitative estimate of drug-likeness (QED) is 0.0577. The van der Waals surface area contributed by atoms with Crippen LogP contribution in [0.1, 0.15) is 27.2 Å². The summed E-state index contributed by atoms with van der Waals surface area (Å²) in [7, 11) is 0.628. The number of nitrogens with zero attached hydrogens (tertiary/aromatic N) is 9. The Morgan fingerprint density at radius 1 is 0.623 bits per heavy atom. The maximum Gasteiger partial charge on any atom is 0.181 e. The molecule has 0 amide bonds. The summed E-state index contributed by atoms with van der Waals surface area (Å²) in [6, 6.07) is -3.29. The molecule has 15 atom stereocenters. The second-order valence-corrected chi connectivity index (χ2v) is 57.1. The fraction of sp³-hybridized carbons (Fsp3) is 1.00. The molecule has 3 heterocycles. The van der Waals surface area contributed by atoms with Gasteiger partial charge in [-0.15, -0.1) is 24.0 Å². The van der Waals surface area contributed by atoms with Gasteiger partial charge >= 0.3 is 114 Å². The molecule has 22 nitrogen and oxygen atoms in total. The molecule has 0 bridgehead atoms. The second-order valence-electron chi connectivity index (χ2n) is 9.55. The summed E-state index contributed by atoms with van der Waals surface area (Å²) < 4.78 is 14.8. The summed E-state index contributed by atoms with van der Waals surface area (Å²) in [5.41, 5.74) is 23.5. The van der Waals surface area contributed by atoms with Gasteiger partial charge in [-0.2, -0.15) is 0 Å². The number of alkyl halides is 1. The SMILES string of the molecule is CC.CC[C@H]1OC(CO)[C@H](O)[C@H](N=[N+]=[N-])C1O.I.[I][V]([I])[I].[I][V][I].[N-]=[N+]=N[C@@H]1C(O)[C@H](Cl)OC(CO)[C@@H]1O.[N-]=[N+]=N[C@@H]1C(O)[C@H](O)OC(CO)[C@@H]1O. The third-order valence-electron chi connectivity index (χ3n) is 6.65. The van der Waals surface area contributed by atoms with Crippen molar-refractivity contribution in [1.29, 1.82) is 0 Å². The Hall–Kier alpha value is 3.25. The molecule has 53 heavy (non-hydrogen) atoms. The molecule has 3 aliphatic heterocycles. The van der Waals surface area contributed by atoms with Crippen LogP contribution < -0.4 is 0 Å². The summed E-state index contributed by atoms with van der Waals surface area (Å²) in [4.78, 5) is 7.18. The fourth-order valence-corrected chi connectivity index (χ4v) is 4.52. The average molecular weight is 1540 g/mol. The molecule has 6 unspecified atom stereocenters. The van der Waals surface area contributed by atoms with E-state index in [9.17, 15) is 30.6 Å². The van der Waals surface area contributed by atoms with Crippen LogP contribution in [0.5, 0.6) is 0 Å². The number of ether oxygens (including phenoxy) is 3. The number of aliphatic hydroxyl groups is 10. The van der Waals surface area contributed by atoms with E-state index >= 15 is 0 Å². The first-order valence-corrected chi connectivity index (χ1v) is 37.5. The van der Waals surface area contributed by atoms with E-state index in [2.05, 4.69) is 135 Å². The predicted octanol–water partition coefficient (Wildman–Crippen LogP) is 3.06. The van der Waals surface area contributed by atoms with Crippen molar-refractivity contribution in [2.75, 3.05) is 19.8 Å². The summed E-state index contributed by atoms with van der Waals surface area (Å²) in [5.74, 6) is 0. The van der Waals surface area contributed by atoms with E-state index in [1.54, 1.807) is 6.92 Å². The predicted molar refractivity (Wildman–Crippen MR) is 237 cm³/mol. The van der Waals surface area contributed by atoms with Crippen LogP contribution in [0.2, 0.25) is 0 Å². The van der Waals surface area contributed by atoms with E-state index in [-0.39, 0.29) is 35.5 Å². The molecule has 31 heteroatoms. The van der Waals surface area contributed by atoms with Crippen molar-refractivity contribution in [3.63, 3.8) is 0 Å². The van der Waals surface area contributed by atoms with Gasteiger partial charge in [0.05, 0.1) is 68.5 Å². The average Bonchev–Trinajstić information content (AvgIpc) is 3.11. The summed E-state index contributed by atoms with van der Waals surface area (Å²) in [5, 5.41) is 102. The maximum atomic E-state index is 9.71. The minimum atomic E-state index is -1.58. The normalized spacial score (nSPS) is 35.4. The van der Waals surface area contributed by atoms with Crippen molar-refractivity contribution >= 4 is 135 Å². The van der Waals surface area contributed by atoms with Crippen molar-refractivity contribution in [3.05, 3.63) is 31.3 Å². The van der Waals surface area contributed by atoms with Crippen molar-refractivity contribution < 1.29 is 79.7 Å². The molecule has 0 aromatic heterocycles. The number of rotatable bonds is 7. The molecule has 3 aliphatic rings. The number of hydrogen-bond acceptors (Lipinski definition) is 16. The van der Waals surface area contributed by atoms with Crippen LogP contribution in [0, 0.1) is 0 Å². The van der Waals surface area contributed by atoms with Crippen molar-refractivity contribution in [2.45, 2.75) is 118 Å². The smallest absolute Gasteiger partial charge is 0.181 e. The number of hydrogen-bond donors (Lipinski definition) is 10. The van der Waals surface area contributed by atoms with Gasteiger partial charge in [0, 0.05) is 14.7 Å². The molecule has 0 aliphatic carbocycles. The van der Waals surface area contributed by atoms with E-state index < -0.39 is 104 Å². The molecule has 3 fully saturated rings. The molecule has 0 aromatic carbocycles. The third kappa shape index (κ3) is 24.3. The molecule has 0 aromatic rings. The van der Waals surface area contributed by atoms with Gasteiger partial charge in [-0.25, -0.2) is 0 Å². The van der Waals surface area contributed by atoms with Gasteiger partial charge in [0.1, 0.15) is 30.5 Å².